The van der Waals surface area contributed by atoms with Crippen molar-refractivity contribution in [3.8, 4) is 0 Å². The Morgan fingerprint density at radius 3 is 2.67 bits per heavy atom. The molecule has 1 aliphatic heterocycles. The minimum Gasteiger partial charge on any atom is -0.466 e. The summed E-state index contributed by atoms with van der Waals surface area (Å²) >= 11 is 0. The lowest BCUT2D eigenvalue weighted by Gasteiger charge is -2.30. The Bertz CT molecular complexity index is 747. The molecular weight excluding hydrogens is 344 g/mol. The molecule has 1 aromatic carbocycles. The summed E-state index contributed by atoms with van der Waals surface area (Å²) < 4.78 is 5.11. The zero-order valence-electron chi connectivity index (χ0n) is 15.6. The molecule has 1 fully saturated rings. The molecule has 2 aromatic rings. The van der Waals surface area contributed by atoms with Gasteiger partial charge in [0.2, 0.25) is 11.9 Å². The number of ether oxygens (including phenoxy) is 1. The van der Waals surface area contributed by atoms with Crippen LogP contribution in [0, 0.1) is 5.92 Å². The Balaban J connectivity index is 1.54. The first-order chi connectivity index (χ1) is 13.1. The molecule has 0 aliphatic carbocycles. The number of hydrogen-bond acceptors (Lipinski definition) is 8. The van der Waals surface area contributed by atoms with Gasteiger partial charge in [-0.3, -0.25) is 9.69 Å². The zero-order valence-corrected chi connectivity index (χ0v) is 15.6. The molecule has 0 unspecified atom stereocenters. The number of carbonyl (C=O) groups is 1. The Hall–Kier alpha value is -2.74. The van der Waals surface area contributed by atoms with Gasteiger partial charge in [-0.15, -0.1) is 0 Å². The van der Waals surface area contributed by atoms with Crippen LogP contribution in [-0.2, 0) is 22.6 Å². The van der Waals surface area contributed by atoms with Gasteiger partial charge in [-0.1, -0.05) is 30.3 Å². The van der Waals surface area contributed by atoms with Crippen LogP contribution in [0.2, 0.25) is 0 Å². The van der Waals surface area contributed by atoms with Crippen molar-refractivity contribution < 1.29 is 9.53 Å². The maximum Gasteiger partial charge on any atom is 0.309 e. The lowest BCUT2D eigenvalue weighted by Crippen LogP contribution is -2.37. The fourth-order valence-corrected chi connectivity index (χ4v) is 3.15. The molecule has 1 saturated heterocycles. The molecule has 0 radical (unpaired) electrons. The van der Waals surface area contributed by atoms with Crippen molar-refractivity contribution in [2.45, 2.75) is 32.9 Å². The van der Waals surface area contributed by atoms with Crippen molar-refractivity contribution in [3.05, 3.63) is 41.7 Å². The van der Waals surface area contributed by atoms with Crippen LogP contribution in [0.3, 0.4) is 0 Å². The molecule has 3 rings (SSSR count). The third-order valence-corrected chi connectivity index (χ3v) is 4.57. The highest BCUT2D eigenvalue weighted by molar-refractivity contribution is 5.72. The van der Waals surface area contributed by atoms with Crippen molar-refractivity contribution in [2.24, 2.45) is 5.92 Å². The summed E-state index contributed by atoms with van der Waals surface area (Å²) in [6, 6.07) is 10.0. The van der Waals surface area contributed by atoms with Crippen molar-refractivity contribution in [2.75, 3.05) is 30.7 Å². The second-order valence-electron chi connectivity index (χ2n) is 6.58. The number of nitrogen functional groups attached to an aromatic ring is 1. The van der Waals surface area contributed by atoms with Crippen LogP contribution in [0.4, 0.5) is 11.9 Å². The number of nitrogens with two attached hydrogens (primary N) is 1. The van der Waals surface area contributed by atoms with Crippen molar-refractivity contribution in [1.82, 2.24) is 19.9 Å². The molecule has 3 N–H and O–H groups in total. The van der Waals surface area contributed by atoms with Gasteiger partial charge in [0, 0.05) is 6.54 Å². The second-order valence-corrected chi connectivity index (χ2v) is 6.58. The highest BCUT2D eigenvalue weighted by Gasteiger charge is 2.26. The number of piperidine rings is 1. The Kier molecular flexibility index (Phi) is 6.54. The van der Waals surface area contributed by atoms with E-state index < -0.39 is 0 Å². The van der Waals surface area contributed by atoms with Gasteiger partial charge in [0.05, 0.1) is 19.1 Å². The van der Waals surface area contributed by atoms with Crippen molar-refractivity contribution in [3.63, 3.8) is 0 Å². The van der Waals surface area contributed by atoms with E-state index in [1.165, 1.54) is 0 Å². The summed E-state index contributed by atoms with van der Waals surface area (Å²) in [5.74, 6) is 1.22. The molecule has 0 amide bonds. The minimum absolute atomic E-state index is 0.00673. The average molecular weight is 370 g/mol. The molecule has 1 aromatic heterocycles. The maximum absolute atomic E-state index is 11.8. The molecule has 1 aliphatic rings. The van der Waals surface area contributed by atoms with Crippen LogP contribution in [-0.4, -0.2) is 45.5 Å². The number of benzene rings is 1. The number of hydrogen-bond donors (Lipinski definition) is 2. The number of nitrogens with zero attached hydrogens (tertiary/aromatic N) is 4. The number of rotatable bonds is 7. The monoisotopic (exact) mass is 370 g/mol. The normalized spacial score (nSPS) is 15.4. The number of nitrogens with one attached hydrogen (secondary N) is 1. The van der Waals surface area contributed by atoms with E-state index in [1.54, 1.807) is 0 Å². The van der Waals surface area contributed by atoms with E-state index in [-0.39, 0.29) is 17.8 Å². The average Bonchev–Trinajstić information content (AvgIpc) is 2.67. The molecule has 0 spiro atoms. The summed E-state index contributed by atoms with van der Waals surface area (Å²) in [5, 5.41) is 3.19. The van der Waals surface area contributed by atoms with E-state index in [2.05, 4.69) is 25.2 Å². The lowest BCUT2D eigenvalue weighted by atomic mass is 9.97. The van der Waals surface area contributed by atoms with Gasteiger partial charge in [-0.25, -0.2) is 0 Å². The standard InChI is InChI=1S/C19H26N6O2/c1-2-27-17(26)15-8-10-25(11-9-15)13-16-22-18(20)24-19(23-16)21-12-14-6-4-3-5-7-14/h3-7,15H,2,8-13H2,1H3,(H3,20,21,22,23,24). The summed E-state index contributed by atoms with van der Waals surface area (Å²) in [4.78, 5) is 27.0. The van der Waals surface area contributed by atoms with E-state index >= 15 is 0 Å². The van der Waals surface area contributed by atoms with Crippen LogP contribution in [0.1, 0.15) is 31.2 Å². The van der Waals surface area contributed by atoms with Gasteiger partial charge >= 0.3 is 5.97 Å². The van der Waals surface area contributed by atoms with E-state index in [0.717, 1.165) is 31.5 Å². The van der Waals surface area contributed by atoms with Crippen molar-refractivity contribution in [1.29, 1.82) is 0 Å². The van der Waals surface area contributed by atoms with Crippen LogP contribution in [0.5, 0.6) is 0 Å². The third-order valence-electron chi connectivity index (χ3n) is 4.57. The maximum atomic E-state index is 11.8. The second kappa shape index (κ2) is 9.27. The van der Waals surface area contributed by atoms with Crippen LogP contribution in [0.15, 0.2) is 30.3 Å². The molecular formula is C19H26N6O2. The van der Waals surface area contributed by atoms with Gasteiger partial charge in [0.15, 0.2) is 0 Å². The summed E-state index contributed by atoms with van der Waals surface area (Å²) in [6.07, 6.45) is 1.58. The number of likely N-dealkylation sites (tertiary alicyclic amines) is 1. The van der Waals surface area contributed by atoms with Gasteiger partial charge in [0.25, 0.3) is 0 Å². The van der Waals surface area contributed by atoms with Crippen LogP contribution >= 0.6 is 0 Å². The van der Waals surface area contributed by atoms with E-state index in [9.17, 15) is 4.79 Å². The highest BCUT2D eigenvalue weighted by Crippen LogP contribution is 2.20. The Morgan fingerprint density at radius 1 is 1.22 bits per heavy atom. The van der Waals surface area contributed by atoms with Gasteiger partial charge in [-0.05, 0) is 38.4 Å². The van der Waals surface area contributed by atoms with E-state index in [0.29, 0.717) is 31.5 Å². The fraction of sp³-hybridized carbons (Fsp3) is 0.474. The fourth-order valence-electron chi connectivity index (χ4n) is 3.15. The molecule has 27 heavy (non-hydrogen) atoms. The first kappa shape index (κ1) is 19.0. The SMILES string of the molecule is CCOC(=O)C1CCN(Cc2nc(N)nc(NCc3ccccc3)n2)CC1. The number of carbonyl (C=O) groups excluding carboxylic acids is 1. The first-order valence-electron chi connectivity index (χ1n) is 9.31. The Labute approximate surface area is 159 Å². The first-order valence-corrected chi connectivity index (χ1v) is 9.31. The zero-order chi connectivity index (χ0) is 19.1. The van der Waals surface area contributed by atoms with Crippen LogP contribution in [0.25, 0.3) is 0 Å². The molecule has 0 bridgehead atoms. The quantitative estimate of drug-likeness (QED) is 0.711. The summed E-state index contributed by atoms with van der Waals surface area (Å²) in [7, 11) is 0. The molecule has 144 valence electrons. The Morgan fingerprint density at radius 2 is 1.96 bits per heavy atom. The topological polar surface area (TPSA) is 106 Å². The third kappa shape index (κ3) is 5.62. The van der Waals surface area contributed by atoms with Gasteiger partial charge in [-0.2, -0.15) is 15.0 Å². The van der Waals surface area contributed by atoms with Gasteiger partial charge < -0.3 is 15.8 Å². The highest BCUT2D eigenvalue weighted by atomic mass is 16.5. The van der Waals surface area contributed by atoms with E-state index in [1.807, 2.05) is 37.3 Å². The summed E-state index contributed by atoms with van der Waals surface area (Å²) in [6.45, 7) is 5.09. The van der Waals surface area contributed by atoms with Crippen LogP contribution < -0.4 is 11.1 Å². The summed E-state index contributed by atoms with van der Waals surface area (Å²) in [5.41, 5.74) is 6.98. The number of esters is 1. The van der Waals surface area contributed by atoms with Crippen molar-refractivity contribution >= 4 is 17.9 Å². The minimum atomic E-state index is -0.0889. The largest absolute Gasteiger partial charge is 0.466 e. The van der Waals surface area contributed by atoms with E-state index in [4.69, 9.17) is 10.5 Å². The molecule has 8 nitrogen and oxygen atoms in total. The molecule has 0 atom stereocenters. The number of anilines is 2. The number of aromatic nitrogens is 3. The smallest absolute Gasteiger partial charge is 0.309 e. The molecule has 2 heterocycles. The lowest BCUT2D eigenvalue weighted by molar-refractivity contribution is -0.149. The molecule has 0 saturated carbocycles. The predicted molar refractivity (Wildman–Crippen MR) is 103 cm³/mol. The predicted octanol–water partition coefficient (Wildman–Crippen LogP) is 1.84. The molecule has 8 heteroatoms. The van der Waals surface area contributed by atoms with Gasteiger partial charge in [0.1, 0.15) is 5.82 Å².